The van der Waals surface area contributed by atoms with Crippen LogP contribution < -0.4 is 10.2 Å². The topological polar surface area (TPSA) is 89.3 Å². The third-order valence-corrected chi connectivity index (χ3v) is 7.05. The third-order valence-electron chi connectivity index (χ3n) is 5.10. The van der Waals surface area contributed by atoms with Gasteiger partial charge >= 0.3 is 0 Å². The molecule has 1 aromatic carbocycles. The minimum absolute atomic E-state index is 0.121. The molecule has 0 spiro atoms. The van der Waals surface area contributed by atoms with Crippen molar-refractivity contribution < 1.29 is 9.59 Å². The van der Waals surface area contributed by atoms with E-state index in [1.54, 1.807) is 24.0 Å². The van der Waals surface area contributed by atoms with Crippen LogP contribution in [0.3, 0.4) is 0 Å². The number of nitriles is 1. The lowest BCUT2D eigenvalue weighted by Gasteiger charge is -2.28. The maximum Gasteiger partial charge on any atom is 0.252 e. The van der Waals surface area contributed by atoms with E-state index >= 15 is 0 Å². The molecule has 0 aliphatic carbocycles. The molecule has 7 nitrogen and oxygen atoms in total. The molecule has 0 saturated carbocycles. The molecule has 0 radical (unpaired) electrons. The second kappa shape index (κ2) is 8.93. The van der Waals surface area contributed by atoms with Crippen molar-refractivity contribution in [1.82, 2.24) is 15.2 Å². The molecule has 1 aromatic heterocycles. The molecule has 1 atom stereocenters. The Labute approximate surface area is 177 Å². The zero-order valence-corrected chi connectivity index (χ0v) is 17.5. The van der Waals surface area contributed by atoms with Crippen LogP contribution in [-0.2, 0) is 4.79 Å². The van der Waals surface area contributed by atoms with E-state index in [1.165, 1.54) is 4.90 Å². The molecule has 2 amide bonds. The predicted molar refractivity (Wildman–Crippen MR) is 117 cm³/mol. The number of nitrogens with one attached hydrogen (secondary N) is 1. The first-order chi connectivity index (χ1) is 14.2. The molecule has 3 heterocycles. The summed E-state index contributed by atoms with van der Waals surface area (Å²) in [6.07, 6.45) is 1.61. The number of aromatic nitrogens is 1. The van der Waals surface area contributed by atoms with E-state index in [-0.39, 0.29) is 18.4 Å². The highest BCUT2D eigenvalue weighted by molar-refractivity contribution is 7.99. The summed E-state index contributed by atoms with van der Waals surface area (Å²) in [6.45, 7) is 1.85. The first-order valence-corrected chi connectivity index (χ1v) is 11.7. The van der Waals surface area contributed by atoms with Crippen molar-refractivity contribution in [1.29, 1.82) is 5.26 Å². The number of carbonyl (C=O) groups is 2. The van der Waals surface area contributed by atoms with Gasteiger partial charge in [0, 0.05) is 47.6 Å². The molecule has 2 aliphatic heterocycles. The Kier molecular flexibility index (Phi) is 6.11. The Bertz CT molecular complexity index is 971. The smallest absolute Gasteiger partial charge is 0.252 e. The molecule has 1 N–H and O–H groups in total. The third kappa shape index (κ3) is 4.28. The van der Waals surface area contributed by atoms with Crippen LogP contribution >= 0.6 is 23.5 Å². The zero-order chi connectivity index (χ0) is 20.2. The minimum atomic E-state index is -0.420. The predicted octanol–water partition coefficient (Wildman–Crippen LogP) is 1.94. The van der Waals surface area contributed by atoms with E-state index in [0.29, 0.717) is 17.2 Å². The van der Waals surface area contributed by atoms with Crippen LogP contribution in [0, 0.1) is 11.3 Å². The average molecular weight is 428 g/mol. The van der Waals surface area contributed by atoms with E-state index in [0.717, 1.165) is 41.2 Å². The number of fused-ring (bicyclic) bond motifs is 1. The molecule has 29 heavy (non-hydrogen) atoms. The van der Waals surface area contributed by atoms with Crippen LogP contribution in [0.4, 0.5) is 5.69 Å². The number of amides is 2. The maximum absolute atomic E-state index is 12.8. The Morgan fingerprint density at radius 1 is 1.24 bits per heavy atom. The van der Waals surface area contributed by atoms with E-state index in [2.05, 4.69) is 21.3 Å². The molecular formula is C20H21N5O2S2. The molecule has 2 aliphatic rings. The van der Waals surface area contributed by atoms with Gasteiger partial charge in [-0.25, -0.2) is 0 Å². The first-order valence-electron chi connectivity index (χ1n) is 9.44. The van der Waals surface area contributed by atoms with Crippen molar-refractivity contribution in [2.75, 3.05) is 47.7 Å². The van der Waals surface area contributed by atoms with Gasteiger partial charge in [0.15, 0.2) is 0 Å². The van der Waals surface area contributed by atoms with Crippen molar-refractivity contribution in [3.8, 4) is 6.07 Å². The van der Waals surface area contributed by atoms with Gasteiger partial charge in [-0.05, 0) is 24.3 Å². The van der Waals surface area contributed by atoms with Gasteiger partial charge < -0.3 is 15.1 Å². The quantitative estimate of drug-likeness (QED) is 0.798. The average Bonchev–Trinajstić information content (AvgIpc) is 3.26. The van der Waals surface area contributed by atoms with Gasteiger partial charge in [-0.15, -0.1) is 11.8 Å². The fourth-order valence-corrected chi connectivity index (χ4v) is 5.51. The number of benzene rings is 1. The number of anilines is 1. The van der Waals surface area contributed by atoms with Crippen molar-refractivity contribution in [2.45, 2.75) is 6.04 Å². The number of carbonyl (C=O) groups excluding carboxylic acids is 2. The van der Waals surface area contributed by atoms with Crippen LogP contribution in [0.25, 0.3) is 10.9 Å². The molecule has 2 aromatic rings. The molecule has 150 valence electrons. The lowest BCUT2D eigenvalue weighted by atomic mass is 10.1. The maximum atomic E-state index is 12.8. The van der Waals surface area contributed by atoms with Crippen molar-refractivity contribution in [2.24, 2.45) is 0 Å². The molecular weight excluding hydrogens is 406 g/mol. The first kappa shape index (κ1) is 19.9. The lowest BCUT2D eigenvalue weighted by molar-refractivity contribution is -0.129. The van der Waals surface area contributed by atoms with E-state index < -0.39 is 6.04 Å². The molecule has 2 saturated heterocycles. The molecule has 2 fully saturated rings. The molecule has 0 bridgehead atoms. The van der Waals surface area contributed by atoms with Crippen LogP contribution in [0.1, 0.15) is 10.4 Å². The van der Waals surface area contributed by atoms with Crippen molar-refractivity contribution >= 4 is 51.9 Å². The van der Waals surface area contributed by atoms with Gasteiger partial charge in [-0.1, -0.05) is 0 Å². The summed E-state index contributed by atoms with van der Waals surface area (Å²) in [4.78, 5) is 33.4. The summed E-state index contributed by atoms with van der Waals surface area (Å²) in [6, 6.07) is 9.39. The van der Waals surface area contributed by atoms with Crippen LogP contribution in [0.2, 0.25) is 0 Å². The SMILES string of the molecule is N#CC1CSCN1C(=O)CNC(=O)c1ccnc2ccc(N3CCSCC3)cc12. The fourth-order valence-electron chi connectivity index (χ4n) is 3.50. The number of pyridine rings is 1. The summed E-state index contributed by atoms with van der Waals surface area (Å²) in [5.74, 6) is 2.75. The Morgan fingerprint density at radius 2 is 2.07 bits per heavy atom. The second-order valence-electron chi connectivity index (χ2n) is 6.85. The van der Waals surface area contributed by atoms with Gasteiger partial charge in [0.25, 0.3) is 5.91 Å². The highest BCUT2D eigenvalue weighted by atomic mass is 32.2. The summed E-state index contributed by atoms with van der Waals surface area (Å²) in [7, 11) is 0. The van der Waals surface area contributed by atoms with Gasteiger partial charge in [0.2, 0.25) is 5.91 Å². The van der Waals surface area contributed by atoms with Crippen molar-refractivity contribution in [3.63, 3.8) is 0 Å². The minimum Gasteiger partial charge on any atom is -0.370 e. The Hall–Kier alpha value is -2.44. The zero-order valence-electron chi connectivity index (χ0n) is 15.8. The number of hydrogen-bond donors (Lipinski definition) is 1. The summed E-state index contributed by atoms with van der Waals surface area (Å²) < 4.78 is 0. The second-order valence-corrected chi connectivity index (χ2v) is 9.07. The molecule has 4 rings (SSSR count). The normalized spacial score (nSPS) is 19.2. The largest absolute Gasteiger partial charge is 0.370 e. The number of rotatable bonds is 4. The molecule has 9 heteroatoms. The number of hydrogen-bond acceptors (Lipinski definition) is 7. The lowest BCUT2D eigenvalue weighted by Crippen LogP contribution is -2.42. The monoisotopic (exact) mass is 427 g/mol. The number of thioether (sulfide) groups is 2. The Morgan fingerprint density at radius 3 is 2.86 bits per heavy atom. The van der Waals surface area contributed by atoms with E-state index in [4.69, 9.17) is 5.26 Å². The Balaban J connectivity index is 1.51. The van der Waals surface area contributed by atoms with Gasteiger partial charge in [0.05, 0.1) is 29.6 Å². The van der Waals surface area contributed by atoms with Crippen LogP contribution in [-0.4, -0.2) is 70.5 Å². The van der Waals surface area contributed by atoms with Crippen LogP contribution in [0.5, 0.6) is 0 Å². The van der Waals surface area contributed by atoms with Crippen LogP contribution in [0.15, 0.2) is 30.5 Å². The standard InChI is InChI=1S/C20H21N5O2S2/c21-10-15-12-29-13-25(15)19(26)11-23-20(27)16-3-4-22-18-2-1-14(9-17(16)18)24-5-7-28-8-6-24/h1-4,9,15H,5-8,11-13H2,(H,23,27). The van der Waals surface area contributed by atoms with Gasteiger partial charge in [-0.3, -0.25) is 14.6 Å². The van der Waals surface area contributed by atoms with E-state index in [1.807, 2.05) is 30.0 Å². The highest BCUT2D eigenvalue weighted by Crippen LogP contribution is 2.26. The summed E-state index contributed by atoms with van der Waals surface area (Å²) in [5.41, 5.74) is 2.34. The van der Waals surface area contributed by atoms with Gasteiger partial charge in [-0.2, -0.15) is 17.0 Å². The fraction of sp³-hybridized carbons (Fsp3) is 0.400. The number of nitrogens with zero attached hydrogens (tertiary/aromatic N) is 4. The highest BCUT2D eigenvalue weighted by Gasteiger charge is 2.29. The van der Waals surface area contributed by atoms with E-state index in [9.17, 15) is 9.59 Å². The summed E-state index contributed by atoms with van der Waals surface area (Å²) in [5, 5.41) is 12.6. The summed E-state index contributed by atoms with van der Waals surface area (Å²) >= 11 is 3.50. The van der Waals surface area contributed by atoms with Gasteiger partial charge in [0.1, 0.15) is 6.04 Å². The van der Waals surface area contributed by atoms with Crippen molar-refractivity contribution in [3.05, 3.63) is 36.0 Å². The molecule has 1 unspecified atom stereocenters.